The monoisotopic (exact) mass is 307 g/mol. The molecule has 19 heavy (non-hydrogen) atoms. The Hall–Kier alpha value is -1.28. The van der Waals surface area contributed by atoms with E-state index in [9.17, 15) is 0 Å². The van der Waals surface area contributed by atoms with E-state index >= 15 is 0 Å². The summed E-state index contributed by atoms with van der Waals surface area (Å²) in [6, 6.07) is 15.1. The summed E-state index contributed by atoms with van der Waals surface area (Å²) in [4.78, 5) is 4.57. The highest BCUT2D eigenvalue weighted by molar-refractivity contribution is 6.44. The fourth-order valence-corrected chi connectivity index (χ4v) is 2.78. The molecule has 0 saturated carbocycles. The predicted molar refractivity (Wildman–Crippen MR) is 82.2 cm³/mol. The van der Waals surface area contributed by atoms with Gasteiger partial charge in [-0.15, -0.1) is 0 Å². The minimum absolute atomic E-state index is 0.541. The van der Waals surface area contributed by atoms with Crippen molar-refractivity contribution in [3.63, 3.8) is 0 Å². The van der Waals surface area contributed by atoms with Gasteiger partial charge in [0.1, 0.15) is 0 Å². The molecule has 0 bridgehead atoms. The minimum Gasteiger partial charge on any atom is -0.246 e. The minimum atomic E-state index is 0.541. The first-order valence-electron chi connectivity index (χ1n) is 5.66. The highest BCUT2D eigenvalue weighted by Crippen LogP contribution is 2.36. The predicted octanol–water partition coefficient (Wildman–Crippen LogP) is 5.86. The van der Waals surface area contributed by atoms with Crippen molar-refractivity contribution < 1.29 is 0 Å². The lowest BCUT2D eigenvalue weighted by atomic mass is 10.1. The van der Waals surface area contributed by atoms with Gasteiger partial charge < -0.3 is 0 Å². The number of aromatic nitrogens is 1. The molecule has 0 amide bonds. The van der Waals surface area contributed by atoms with Gasteiger partial charge in [0.25, 0.3) is 0 Å². The Morgan fingerprint density at radius 1 is 0.737 bits per heavy atom. The van der Waals surface area contributed by atoms with Crippen molar-refractivity contribution in [3.8, 4) is 11.3 Å². The van der Waals surface area contributed by atoms with E-state index in [1.807, 2.05) is 30.3 Å². The van der Waals surface area contributed by atoms with E-state index in [1.165, 1.54) is 0 Å². The largest absolute Gasteiger partial charge is 0.246 e. The van der Waals surface area contributed by atoms with Crippen LogP contribution in [0.5, 0.6) is 0 Å². The summed E-state index contributed by atoms with van der Waals surface area (Å²) in [6.45, 7) is 0. The summed E-state index contributed by atoms with van der Waals surface area (Å²) < 4.78 is 0. The van der Waals surface area contributed by atoms with Crippen LogP contribution >= 0.6 is 34.8 Å². The maximum absolute atomic E-state index is 6.31. The summed E-state index contributed by atoms with van der Waals surface area (Å²) in [7, 11) is 0. The van der Waals surface area contributed by atoms with Crippen molar-refractivity contribution in [3.05, 3.63) is 63.6 Å². The molecule has 2 aromatic carbocycles. The van der Waals surface area contributed by atoms with Crippen molar-refractivity contribution in [2.24, 2.45) is 0 Å². The Labute approximate surface area is 125 Å². The molecule has 1 nitrogen and oxygen atoms in total. The molecule has 0 saturated heterocycles. The Morgan fingerprint density at radius 3 is 2.16 bits per heavy atom. The van der Waals surface area contributed by atoms with Crippen LogP contribution in [0.1, 0.15) is 0 Å². The van der Waals surface area contributed by atoms with Gasteiger partial charge in [-0.25, -0.2) is 4.98 Å². The molecule has 1 heterocycles. The lowest BCUT2D eigenvalue weighted by Crippen LogP contribution is -1.88. The molecule has 1 aromatic heterocycles. The standard InChI is InChI=1S/C15H8Cl3N/c16-10-6-7-11(17)15-14(10)12(18)8-13(19-15)9-4-2-1-3-5-9/h1-8H. The van der Waals surface area contributed by atoms with E-state index in [-0.39, 0.29) is 0 Å². The van der Waals surface area contributed by atoms with Gasteiger partial charge in [-0.05, 0) is 18.2 Å². The van der Waals surface area contributed by atoms with Gasteiger partial charge in [0, 0.05) is 10.9 Å². The van der Waals surface area contributed by atoms with Crippen molar-refractivity contribution in [2.75, 3.05) is 0 Å². The van der Waals surface area contributed by atoms with Crippen LogP contribution in [-0.4, -0.2) is 4.98 Å². The molecule has 0 aliphatic heterocycles. The summed E-state index contributed by atoms with van der Waals surface area (Å²) in [5, 5.41) is 2.34. The van der Waals surface area contributed by atoms with Crippen LogP contribution in [0.25, 0.3) is 22.2 Å². The molecule has 0 radical (unpaired) electrons. The quantitative estimate of drug-likeness (QED) is 0.548. The van der Waals surface area contributed by atoms with Crippen molar-refractivity contribution in [1.82, 2.24) is 4.98 Å². The summed E-state index contributed by atoms with van der Waals surface area (Å²) >= 11 is 18.6. The lowest BCUT2D eigenvalue weighted by Gasteiger charge is -2.08. The number of hydrogen-bond donors (Lipinski definition) is 0. The number of fused-ring (bicyclic) bond motifs is 1. The van der Waals surface area contributed by atoms with Crippen molar-refractivity contribution in [1.29, 1.82) is 0 Å². The number of rotatable bonds is 1. The molecule has 0 fully saturated rings. The molecule has 0 spiro atoms. The van der Waals surface area contributed by atoms with E-state index in [4.69, 9.17) is 34.8 Å². The topological polar surface area (TPSA) is 12.9 Å². The van der Waals surface area contributed by atoms with E-state index in [0.29, 0.717) is 26.0 Å². The SMILES string of the molecule is Clc1ccc(Cl)c2c(Cl)cc(-c3ccccc3)nc12. The van der Waals surface area contributed by atoms with Crippen LogP contribution in [0, 0.1) is 0 Å². The van der Waals surface area contributed by atoms with E-state index in [2.05, 4.69) is 4.98 Å². The first kappa shape index (κ1) is 12.7. The third kappa shape index (κ3) is 2.30. The molecule has 0 aliphatic carbocycles. The Kier molecular flexibility index (Phi) is 3.36. The van der Waals surface area contributed by atoms with Gasteiger partial charge in [-0.3, -0.25) is 0 Å². The molecule has 94 valence electrons. The maximum Gasteiger partial charge on any atom is 0.0925 e. The fourth-order valence-electron chi connectivity index (χ4n) is 1.98. The molecule has 0 aliphatic rings. The van der Waals surface area contributed by atoms with E-state index in [0.717, 1.165) is 11.3 Å². The van der Waals surface area contributed by atoms with E-state index in [1.54, 1.807) is 18.2 Å². The average molecular weight is 309 g/mol. The highest BCUT2D eigenvalue weighted by atomic mass is 35.5. The second kappa shape index (κ2) is 5.01. The normalized spacial score (nSPS) is 10.9. The van der Waals surface area contributed by atoms with Crippen LogP contribution in [0.2, 0.25) is 15.1 Å². The first-order chi connectivity index (χ1) is 9.16. The van der Waals surface area contributed by atoms with Crippen LogP contribution < -0.4 is 0 Å². The highest BCUT2D eigenvalue weighted by Gasteiger charge is 2.11. The van der Waals surface area contributed by atoms with Crippen LogP contribution in [-0.2, 0) is 0 Å². The third-order valence-corrected chi connectivity index (χ3v) is 3.80. The second-order valence-corrected chi connectivity index (χ2v) is 5.33. The number of pyridine rings is 1. The Morgan fingerprint density at radius 2 is 1.42 bits per heavy atom. The first-order valence-corrected chi connectivity index (χ1v) is 6.80. The fraction of sp³-hybridized carbons (Fsp3) is 0. The molecular formula is C15H8Cl3N. The van der Waals surface area contributed by atoms with Gasteiger partial charge in [0.2, 0.25) is 0 Å². The van der Waals surface area contributed by atoms with E-state index < -0.39 is 0 Å². The number of benzene rings is 2. The summed E-state index contributed by atoms with van der Waals surface area (Å²) in [6.07, 6.45) is 0. The average Bonchev–Trinajstić information content (AvgIpc) is 2.43. The Bertz CT molecular complexity index is 754. The van der Waals surface area contributed by atoms with Gasteiger partial charge in [0.15, 0.2) is 0 Å². The lowest BCUT2D eigenvalue weighted by molar-refractivity contribution is 1.40. The van der Waals surface area contributed by atoms with Gasteiger partial charge in [-0.2, -0.15) is 0 Å². The molecule has 3 rings (SSSR count). The molecule has 0 N–H and O–H groups in total. The number of hydrogen-bond acceptors (Lipinski definition) is 1. The maximum atomic E-state index is 6.31. The molecule has 0 unspecified atom stereocenters. The van der Waals surface area contributed by atoms with Crippen molar-refractivity contribution in [2.45, 2.75) is 0 Å². The number of halogens is 3. The Balaban J connectivity index is 2.34. The van der Waals surface area contributed by atoms with Crippen LogP contribution in [0.4, 0.5) is 0 Å². The smallest absolute Gasteiger partial charge is 0.0925 e. The van der Waals surface area contributed by atoms with Gasteiger partial charge in [0.05, 0.1) is 26.3 Å². The zero-order chi connectivity index (χ0) is 13.4. The molecule has 4 heteroatoms. The van der Waals surface area contributed by atoms with Crippen molar-refractivity contribution >= 4 is 45.7 Å². The third-order valence-electron chi connectivity index (χ3n) is 2.88. The second-order valence-electron chi connectivity index (χ2n) is 4.11. The zero-order valence-electron chi connectivity index (χ0n) is 9.70. The number of nitrogens with zero attached hydrogens (tertiary/aromatic N) is 1. The van der Waals surface area contributed by atoms with Gasteiger partial charge in [-0.1, -0.05) is 65.1 Å². The van der Waals surface area contributed by atoms with Crippen LogP contribution in [0.15, 0.2) is 48.5 Å². The van der Waals surface area contributed by atoms with Crippen LogP contribution in [0.3, 0.4) is 0 Å². The summed E-state index contributed by atoms with van der Waals surface area (Å²) in [5.74, 6) is 0. The molecule has 3 aromatic rings. The zero-order valence-corrected chi connectivity index (χ0v) is 12.0. The van der Waals surface area contributed by atoms with Gasteiger partial charge >= 0.3 is 0 Å². The molecule has 0 atom stereocenters. The summed E-state index contributed by atoms with van der Waals surface area (Å²) in [5.41, 5.74) is 2.39. The molecular weight excluding hydrogens is 301 g/mol.